The van der Waals surface area contributed by atoms with E-state index in [4.69, 9.17) is 19.4 Å². The molecule has 5 heteroatoms. The van der Waals surface area contributed by atoms with E-state index < -0.39 is 0 Å². The first kappa shape index (κ1) is 36.5. The number of hydrogen-bond donors (Lipinski definition) is 0. The second kappa shape index (κ2) is 14.3. The van der Waals surface area contributed by atoms with E-state index in [2.05, 4.69) is 211 Å². The minimum atomic E-state index is 0.536. The third kappa shape index (κ3) is 5.57. The van der Waals surface area contributed by atoms with E-state index in [0.29, 0.717) is 17.5 Å². The van der Waals surface area contributed by atoms with Gasteiger partial charge in [0, 0.05) is 32.7 Å². The highest BCUT2D eigenvalue weighted by atomic mass is 16.3. The Morgan fingerprint density at radius 1 is 0.333 bits per heavy atom. The summed E-state index contributed by atoms with van der Waals surface area (Å²) in [6.45, 7) is 0. The third-order valence-electron chi connectivity index (χ3n) is 13.4. The van der Waals surface area contributed by atoms with Crippen LogP contribution in [-0.2, 0) is 0 Å². The molecule has 14 rings (SSSR count). The minimum Gasteiger partial charge on any atom is -0.455 e. The number of aromatic nitrogens is 4. The van der Waals surface area contributed by atoms with Gasteiger partial charge in [-0.1, -0.05) is 182 Å². The minimum absolute atomic E-state index is 0.536. The Morgan fingerprint density at radius 2 is 0.924 bits per heavy atom. The molecular weight excluding hydrogens is 805 g/mol. The molecule has 0 aliphatic heterocycles. The highest BCUT2D eigenvalue weighted by molar-refractivity contribution is 6.23. The molecular formula is C61H36N4O. The Morgan fingerprint density at radius 3 is 1.73 bits per heavy atom. The Labute approximate surface area is 378 Å². The first-order chi connectivity index (χ1) is 32.7. The summed E-state index contributed by atoms with van der Waals surface area (Å²) < 4.78 is 9.48. The first-order valence-corrected chi connectivity index (χ1v) is 22.3. The van der Waals surface area contributed by atoms with Crippen LogP contribution in [0.15, 0.2) is 223 Å². The van der Waals surface area contributed by atoms with Crippen LogP contribution in [0, 0.1) is 0 Å². The van der Waals surface area contributed by atoms with Gasteiger partial charge < -0.3 is 8.98 Å². The average Bonchev–Trinajstić information content (AvgIpc) is 3.94. The van der Waals surface area contributed by atoms with Crippen LogP contribution >= 0.6 is 0 Å². The molecule has 0 radical (unpaired) electrons. The predicted molar refractivity (Wildman–Crippen MR) is 273 cm³/mol. The second-order valence-electron chi connectivity index (χ2n) is 17.1. The summed E-state index contributed by atoms with van der Waals surface area (Å²) in [7, 11) is 0. The highest BCUT2D eigenvalue weighted by Crippen LogP contribution is 2.45. The zero-order chi connectivity index (χ0) is 43.3. The molecule has 0 amide bonds. The van der Waals surface area contributed by atoms with Crippen molar-refractivity contribution < 1.29 is 4.42 Å². The van der Waals surface area contributed by atoms with Gasteiger partial charge in [0.2, 0.25) is 0 Å². The maximum Gasteiger partial charge on any atom is 0.167 e. The number of para-hydroxylation sites is 1. The topological polar surface area (TPSA) is 56.7 Å². The number of furan rings is 1. The van der Waals surface area contributed by atoms with Gasteiger partial charge in [-0.2, -0.15) is 0 Å². The molecule has 0 atom stereocenters. The van der Waals surface area contributed by atoms with E-state index in [-0.39, 0.29) is 0 Å². The lowest BCUT2D eigenvalue weighted by atomic mass is 9.96. The summed E-state index contributed by atoms with van der Waals surface area (Å²) in [4.78, 5) is 16.1. The van der Waals surface area contributed by atoms with E-state index in [0.717, 1.165) is 82.6 Å². The lowest BCUT2D eigenvalue weighted by Gasteiger charge is -2.15. The van der Waals surface area contributed by atoms with E-state index in [9.17, 15) is 0 Å². The zero-order valence-corrected chi connectivity index (χ0v) is 35.5. The molecule has 0 saturated heterocycles. The van der Waals surface area contributed by atoms with Crippen molar-refractivity contribution in [3.63, 3.8) is 0 Å². The molecule has 66 heavy (non-hydrogen) atoms. The van der Waals surface area contributed by atoms with Crippen LogP contribution in [0.5, 0.6) is 0 Å². The molecule has 5 nitrogen and oxygen atoms in total. The van der Waals surface area contributed by atoms with Crippen molar-refractivity contribution in [3.05, 3.63) is 218 Å². The van der Waals surface area contributed by atoms with Gasteiger partial charge in [0.15, 0.2) is 17.5 Å². The molecule has 3 heterocycles. The van der Waals surface area contributed by atoms with Gasteiger partial charge >= 0.3 is 0 Å². The molecule has 0 spiro atoms. The summed E-state index contributed by atoms with van der Waals surface area (Å²) in [5, 5.41) is 13.7. The molecule has 0 aliphatic carbocycles. The average molecular weight is 841 g/mol. The fraction of sp³-hybridized carbons (Fsp3) is 0. The number of nitrogens with zero attached hydrogens (tertiary/aromatic N) is 4. The summed E-state index contributed by atoms with van der Waals surface area (Å²) in [6, 6.07) is 77.4. The molecule has 0 N–H and O–H groups in total. The van der Waals surface area contributed by atoms with Crippen molar-refractivity contribution in [1.29, 1.82) is 0 Å². The molecule has 3 aromatic heterocycles. The lowest BCUT2D eigenvalue weighted by molar-refractivity contribution is 0.669. The van der Waals surface area contributed by atoms with Gasteiger partial charge in [-0.25, -0.2) is 15.0 Å². The summed E-state index contributed by atoms with van der Waals surface area (Å²) in [5.74, 6) is 1.72. The van der Waals surface area contributed by atoms with Crippen LogP contribution in [0.25, 0.3) is 138 Å². The smallest absolute Gasteiger partial charge is 0.167 e. The van der Waals surface area contributed by atoms with E-state index in [1.165, 1.54) is 37.7 Å². The van der Waals surface area contributed by atoms with Crippen molar-refractivity contribution >= 4 is 86.8 Å². The Hall–Kier alpha value is -8.93. The van der Waals surface area contributed by atoms with Gasteiger partial charge in [-0.05, 0) is 85.2 Å². The maximum absolute atomic E-state index is 7.03. The van der Waals surface area contributed by atoms with Crippen molar-refractivity contribution in [3.8, 4) is 51.0 Å². The quantitative estimate of drug-likeness (QED) is 0.162. The van der Waals surface area contributed by atoms with Crippen molar-refractivity contribution in [1.82, 2.24) is 19.5 Å². The van der Waals surface area contributed by atoms with Gasteiger partial charge in [-0.3, -0.25) is 0 Å². The van der Waals surface area contributed by atoms with E-state index >= 15 is 0 Å². The SMILES string of the molecule is c1ccc(-c2ccc(-c3nc(-c4cc5ccccc5c5ccccc45)nc(-c4ccc(-n5c6cc7ccccc7cc6c6ccc7ccccc7c65)c5c4oc4ccccc45)n3)cc2)cc1. The summed E-state index contributed by atoms with van der Waals surface area (Å²) >= 11 is 0. The fourth-order valence-corrected chi connectivity index (χ4v) is 10.3. The van der Waals surface area contributed by atoms with Crippen molar-refractivity contribution in [2.24, 2.45) is 0 Å². The van der Waals surface area contributed by atoms with Crippen LogP contribution in [0.2, 0.25) is 0 Å². The molecule has 11 aromatic carbocycles. The lowest BCUT2D eigenvalue weighted by Crippen LogP contribution is -2.02. The van der Waals surface area contributed by atoms with Gasteiger partial charge in [0.25, 0.3) is 0 Å². The third-order valence-corrected chi connectivity index (χ3v) is 13.4. The number of rotatable bonds is 5. The summed E-state index contributed by atoms with van der Waals surface area (Å²) in [5.41, 5.74) is 9.73. The number of fused-ring (bicyclic) bond motifs is 12. The zero-order valence-electron chi connectivity index (χ0n) is 35.5. The van der Waals surface area contributed by atoms with E-state index in [1.54, 1.807) is 0 Å². The number of benzene rings is 11. The first-order valence-electron chi connectivity index (χ1n) is 22.3. The normalized spacial score (nSPS) is 11.9. The molecule has 0 aliphatic rings. The van der Waals surface area contributed by atoms with Gasteiger partial charge in [0.1, 0.15) is 11.2 Å². The Kier molecular flexibility index (Phi) is 7.91. The van der Waals surface area contributed by atoms with Crippen LogP contribution < -0.4 is 0 Å². The van der Waals surface area contributed by atoms with E-state index in [1.807, 2.05) is 12.1 Å². The molecule has 14 aromatic rings. The fourth-order valence-electron chi connectivity index (χ4n) is 10.3. The number of hydrogen-bond acceptors (Lipinski definition) is 4. The van der Waals surface area contributed by atoms with Gasteiger partial charge in [0.05, 0.1) is 27.7 Å². The predicted octanol–water partition coefficient (Wildman–Crippen LogP) is 16.1. The van der Waals surface area contributed by atoms with Crippen molar-refractivity contribution in [2.75, 3.05) is 0 Å². The molecule has 0 fully saturated rings. The monoisotopic (exact) mass is 840 g/mol. The van der Waals surface area contributed by atoms with Crippen LogP contribution in [0.3, 0.4) is 0 Å². The molecule has 0 bridgehead atoms. The Bertz CT molecular complexity index is 4280. The largest absolute Gasteiger partial charge is 0.455 e. The molecule has 306 valence electrons. The van der Waals surface area contributed by atoms with Gasteiger partial charge in [-0.15, -0.1) is 0 Å². The van der Waals surface area contributed by atoms with Crippen LogP contribution in [0.1, 0.15) is 0 Å². The molecule has 0 saturated carbocycles. The highest BCUT2D eigenvalue weighted by Gasteiger charge is 2.24. The van der Waals surface area contributed by atoms with Crippen LogP contribution in [-0.4, -0.2) is 19.5 Å². The second-order valence-corrected chi connectivity index (χ2v) is 17.1. The maximum atomic E-state index is 7.03. The van der Waals surface area contributed by atoms with Crippen molar-refractivity contribution in [2.45, 2.75) is 0 Å². The van der Waals surface area contributed by atoms with Crippen LogP contribution in [0.4, 0.5) is 0 Å². The standard InChI is InChI=1S/C61H36N4O/c1-2-14-37(15-3-1)38-26-28-40(29-27-38)59-62-60(64-61(63-59)52-35-43-19-7-8-20-44(43)46-22-10-11-23-47(46)52)50-32-33-53(56-49-24-12-13-25-55(49)66-58(50)56)65-54-36-42-18-5-4-17-41(42)34-51(54)48-31-30-39-16-6-9-21-45(39)57(48)65/h1-36H. The molecule has 0 unspecified atom stereocenters. The summed E-state index contributed by atoms with van der Waals surface area (Å²) in [6.07, 6.45) is 0. The Balaban J connectivity index is 1.06.